The van der Waals surface area contributed by atoms with E-state index in [1.54, 1.807) is 42.2 Å². The monoisotopic (exact) mass is 400 g/mol. The van der Waals surface area contributed by atoms with Crippen LogP contribution in [-0.2, 0) is 14.3 Å². The summed E-state index contributed by atoms with van der Waals surface area (Å²) in [4.78, 5) is 38.8. The SMILES string of the molecule is CCOC(=O)c1ccccc1NC(=O)C1CC(=O)N(c2ccc(C)c(Cl)c2)C1. The highest BCUT2D eigenvalue weighted by Gasteiger charge is 2.35. The van der Waals surface area contributed by atoms with Crippen LogP contribution < -0.4 is 10.2 Å². The lowest BCUT2D eigenvalue weighted by atomic mass is 10.1. The van der Waals surface area contributed by atoms with Crippen molar-refractivity contribution in [3.8, 4) is 0 Å². The van der Waals surface area contributed by atoms with E-state index in [0.717, 1.165) is 5.56 Å². The molecule has 0 bridgehead atoms. The summed E-state index contributed by atoms with van der Waals surface area (Å²) < 4.78 is 5.02. The van der Waals surface area contributed by atoms with Crippen LogP contribution in [0.5, 0.6) is 0 Å². The van der Waals surface area contributed by atoms with E-state index in [4.69, 9.17) is 16.3 Å². The number of carbonyl (C=O) groups excluding carboxylic acids is 3. The van der Waals surface area contributed by atoms with Gasteiger partial charge in [0.05, 0.1) is 23.8 Å². The molecule has 2 aromatic rings. The van der Waals surface area contributed by atoms with Gasteiger partial charge >= 0.3 is 5.97 Å². The zero-order valence-electron chi connectivity index (χ0n) is 15.7. The third-order valence-corrected chi connectivity index (χ3v) is 5.05. The number of hydrogen-bond donors (Lipinski definition) is 1. The van der Waals surface area contributed by atoms with E-state index in [1.165, 1.54) is 0 Å². The molecule has 0 aromatic heterocycles. The molecule has 0 aliphatic carbocycles. The lowest BCUT2D eigenvalue weighted by Gasteiger charge is -2.18. The van der Waals surface area contributed by atoms with Crippen molar-refractivity contribution < 1.29 is 19.1 Å². The van der Waals surface area contributed by atoms with Gasteiger partial charge in [-0.2, -0.15) is 0 Å². The molecule has 2 amide bonds. The first-order valence-corrected chi connectivity index (χ1v) is 9.42. The molecule has 0 radical (unpaired) electrons. The molecule has 7 heteroatoms. The standard InChI is InChI=1S/C21H21ClN2O4/c1-3-28-21(27)16-6-4-5-7-18(16)23-20(26)14-10-19(25)24(12-14)15-9-8-13(2)17(22)11-15/h4-9,11,14H,3,10,12H2,1-2H3,(H,23,26). The van der Waals surface area contributed by atoms with Gasteiger partial charge < -0.3 is 15.0 Å². The van der Waals surface area contributed by atoms with E-state index in [0.29, 0.717) is 16.4 Å². The average molecular weight is 401 g/mol. The van der Waals surface area contributed by atoms with Gasteiger partial charge in [-0.1, -0.05) is 29.8 Å². The molecule has 1 unspecified atom stereocenters. The second-order valence-corrected chi connectivity index (χ2v) is 7.00. The normalized spacial score (nSPS) is 16.2. The molecule has 1 heterocycles. The summed E-state index contributed by atoms with van der Waals surface area (Å²) in [5.74, 6) is -1.48. The lowest BCUT2D eigenvalue weighted by molar-refractivity contribution is -0.122. The first-order chi connectivity index (χ1) is 13.4. The number of esters is 1. The minimum Gasteiger partial charge on any atom is -0.462 e. The van der Waals surface area contributed by atoms with Gasteiger partial charge in [0.1, 0.15) is 0 Å². The lowest BCUT2D eigenvalue weighted by Crippen LogP contribution is -2.28. The number of hydrogen-bond acceptors (Lipinski definition) is 4. The molecular formula is C21H21ClN2O4. The van der Waals surface area contributed by atoms with Crippen molar-refractivity contribution >= 4 is 40.8 Å². The van der Waals surface area contributed by atoms with Gasteiger partial charge in [0.2, 0.25) is 11.8 Å². The number of ether oxygens (including phenoxy) is 1. The van der Waals surface area contributed by atoms with Crippen LogP contribution in [0.15, 0.2) is 42.5 Å². The van der Waals surface area contributed by atoms with Crippen molar-refractivity contribution in [2.45, 2.75) is 20.3 Å². The molecule has 146 valence electrons. The van der Waals surface area contributed by atoms with Gasteiger partial charge in [-0.05, 0) is 43.7 Å². The van der Waals surface area contributed by atoms with E-state index in [9.17, 15) is 14.4 Å². The van der Waals surface area contributed by atoms with Gasteiger partial charge in [-0.25, -0.2) is 4.79 Å². The van der Waals surface area contributed by atoms with E-state index in [1.807, 2.05) is 19.1 Å². The zero-order chi connectivity index (χ0) is 20.3. The number of aryl methyl sites for hydroxylation is 1. The Labute approximate surface area is 168 Å². The second-order valence-electron chi connectivity index (χ2n) is 6.59. The van der Waals surface area contributed by atoms with Gasteiger partial charge in [-0.3, -0.25) is 9.59 Å². The van der Waals surface area contributed by atoms with E-state index in [-0.39, 0.29) is 37.0 Å². The summed E-state index contributed by atoms with van der Waals surface area (Å²) in [7, 11) is 0. The molecule has 3 rings (SSSR count). The van der Waals surface area contributed by atoms with E-state index >= 15 is 0 Å². The first-order valence-electron chi connectivity index (χ1n) is 9.04. The van der Waals surface area contributed by atoms with Gasteiger partial charge in [0.15, 0.2) is 0 Å². The summed E-state index contributed by atoms with van der Waals surface area (Å²) in [6.07, 6.45) is 0.0961. The van der Waals surface area contributed by atoms with Crippen molar-refractivity contribution in [1.82, 2.24) is 0 Å². The maximum absolute atomic E-state index is 12.7. The molecule has 0 saturated carbocycles. The van der Waals surface area contributed by atoms with Crippen molar-refractivity contribution in [3.63, 3.8) is 0 Å². The van der Waals surface area contributed by atoms with Crippen LogP contribution in [0.3, 0.4) is 0 Å². The van der Waals surface area contributed by atoms with Crippen LogP contribution >= 0.6 is 11.6 Å². The van der Waals surface area contributed by atoms with Crippen molar-refractivity contribution in [2.24, 2.45) is 5.92 Å². The highest BCUT2D eigenvalue weighted by molar-refractivity contribution is 6.31. The number of anilines is 2. The molecular weight excluding hydrogens is 380 g/mol. The van der Waals surface area contributed by atoms with Crippen LogP contribution in [0.2, 0.25) is 5.02 Å². The van der Waals surface area contributed by atoms with Gasteiger partial charge in [-0.15, -0.1) is 0 Å². The van der Waals surface area contributed by atoms with Crippen LogP contribution in [-0.4, -0.2) is 30.9 Å². The molecule has 1 saturated heterocycles. The minimum absolute atomic E-state index is 0.0961. The Kier molecular flexibility index (Phi) is 5.99. The van der Waals surface area contributed by atoms with Crippen LogP contribution in [0.25, 0.3) is 0 Å². The average Bonchev–Trinajstić information content (AvgIpc) is 3.06. The summed E-state index contributed by atoms with van der Waals surface area (Å²) >= 11 is 6.16. The molecule has 1 fully saturated rings. The Hall–Kier alpha value is -2.86. The van der Waals surface area contributed by atoms with Gasteiger partial charge in [0.25, 0.3) is 0 Å². The number of amides is 2. The van der Waals surface area contributed by atoms with Crippen LogP contribution in [0.1, 0.15) is 29.3 Å². The molecule has 1 aliphatic rings. The Morgan fingerprint density at radius 1 is 1.25 bits per heavy atom. The van der Waals surface area contributed by atoms with Crippen LogP contribution in [0.4, 0.5) is 11.4 Å². The van der Waals surface area contributed by atoms with Crippen LogP contribution in [0, 0.1) is 12.8 Å². The predicted molar refractivity (Wildman–Crippen MR) is 108 cm³/mol. The molecule has 1 aliphatic heterocycles. The fourth-order valence-corrected chi connectivity index (χ4v) is 3.27. The highest BCUT2D eigenvalue weighted by atomic mass is 35.5. The number of halogens is 1. The van der Waals surface area contributed by atoms with E-state index < -0.39 is 11.9 Å². The molecule has 1 N–H and O–H groups in total. The quantitative estimate of drug-likeness (QED) is 0.774. The largest absolute Gasteiger partial charge is 0.462 e. The number of benzene rings is 2. The predicted octanol–water partition coefficient (Wildman–Crippen LogP) is 3.82. The van der Waals surface area contributed by atoms with E-state index in [2.05, 4.69) is 5.32 Å². The Morgan fingerprint density at radius 2 is 2.00 bits per heavy atom. The van der Waals surface area contributed by atoms with Gasteiger partial charge in [0, 0.05) is 23.7 Å². The molecule has 28 heavy (non-hydrogen) atoms. The summed E-state index contributed by atoms with van der Waals surface area (Å²) in [5.41, 5.74) is 2.24. The third kappa shape index (κ3) is 4.17. The molecule has 0 spiro atoms. The van der Waals surface area contributed by atoms with Crippen molar-refractivity contribution in [2.75, 3.05) is 23.4 Å². The van der Waals surface area contributed by atoms with Crippen molar-refractivity contribution in [1.29, 1.82) is 0 Å². The molecule has 6 nitrogen and oxygen atoms in total. The number of nitrogens with one attached hydrogen (secondary N) is 1. The Balaban J connectivity index is 1.73. The number of nitrogens with zero attached hydrogens (tertiary/aromatic N) is 1. The Morgan fingerprint density at radius 3 is 2.71 bits per heavy atom. The van der Waals surface area contributed by atoms with Crippen molar-refractivity contribution in [3.05, 3.63) is 58.6 Å². The number of para-hydroxylation sites is 1. The summed E-state index contributed by atoms with van der Waals surface area (Å²) in [5, 5.41) is 3.33. The Bertz CT molecular complexity index is 928. The first kappa shape index (κ1) is 19.9. The number of carbonyl (C=O) groups is 3. The smallest absolute Gasteiger partial charge is 0.340 e. The maximum atomic E-state index is 12.7. The zero-order valence-corrected chi connectivity index (χ0v) is 16.5. The highest BCUT2D eigenvalue weighted by Crippen LogP contribution is 2.29. The summed E-state index contributed by atoms with van der Waals surface area (Å²) in [6, 6.07) is 12.0. The fraction of sp³-hybridized carbons (Fsp3) is 0.286. The minimum atomic E-state index is -0.525. The fourth-order valence-electron chi connectivity index (χ4n) is 3.10. The number of rotatable bonds is 5. The third-order valence-electron chi connectivity index (χ3n) is 4.64. The molecule has 2 aromatic carbocycles. The second kappa shape index (κ2) is 8.44. The maximum Gasteiger partial charge on any atom is 0.340 e. The topological polar surface area (TPSA) is 75.7 Å². The summed E-state index contributed by atoms with van der Waals surface area (Å²) in [6.45, 7) is 4.10. The molecule has 1 atom stereocenters.